The highest BCUT2D eigenvalue weighted by atomic mass is 16.5. The number of methoxy groups -OCH3 is 1. The number of hydrogen-bond donors (Lipinski definition) is 1. The Morgan fingerprint density at radius 2 is 2.17 bits per heavy atom. The molecule has 0 aromatic carbocycles. The average Bonchev–Trinajstić information content (AvgIpc) is 2.35. The summed E-state index contributed by atoms with van der Waals surface area (Å²) in [6.07, 6.45) is 2.38. The van der Waals surface area contributed by atoms with Crippen molar-refractivity contribution in [2.75, 3.05) is 13.7 Å². The third-order valence-electron chi connectivity index (χ3n) is 3.71. The van der Waals surface area contributed by atoms with Crippen molar-refractivity contribution in [2.45, 2.75) is 51.7 Å². The number of amides is 1. The summed E-state index contributed by atoms with van der Waals surface area (Å²) in [7, 11) is 1.64. The van der Waals surface area contributed by atoms with Crippen molar-refractivity contribution in [1.82, 2.24) is 4.90 Å². The molecule has 5 heteroatoms. The molecule has 1 N–H and O–H groups in total. The Kier molecular flexibility index (Phi) is 5.59. The first-order valence-corrected chi connectivity index (χ1v) is 6.50. The van der Waals surface area contributed by atoms with Gasteiger partial charge < -0.3 is 14.7 Å². The minimum absolute atomic E-state index is 0.0187. The lowest BCUT2D eigenvalue weighted by Crippen LogP contribution is -2.46. The molecule has 1 saturated heterocycles. The number of carboxylic acid groups (broad SMARTS) is 1. The summed E-state index contributed by atoms with van der Waals surface area (Å²) in [4.78, 5) is 24.7. The van der Waals surface area contributed by atoms with Crippen LogP contribution in [0.5, 0.6) is 0 Å². The first-order valence-electron chi connectivity index (χ1n) is 6.50. The van der Waals surface area contributed by atoms with Crippen LogP contribution in [0.4, 0.5) is 0 Å². The van der Waals surface area contributed by atoms with Crippen molar-refractivity contribution < 1.29 is 19.4 Å². The number of piperidine rings is 1. The molecule has 1 aliphatic rings. The zero-order chi connectivity index (χ0) is 13.7. The molecular formula is C13H23NO4. The Morgan fingerprint density at radius 3 is 2.67 bits per heavy atom. The SMILES string of the molecule is COC(C)CCC(=O)N1CCC(C(=O)O)CC1C. The van der Waals surface area contributed by atoms with Crippen molar-refractivity contribution in [3.63, 3.8) is 0 Å². The van der Waals surface area contributed by atoms with Gasteiger partial charge >= 0.3 is 5.97 Å². The Hall–Kier alpha value is -1.10. The summed E-state index contributed by atoms with van der Waals surface area (Å²) in [6.45, 7) is 4.42. The predicted octanol–water partition coefficient (Wildman–Crippen LogP) is 1.51. The summed E-state index contributed by atoms with van der Waals surface area (Å²) in [5.74, 6) is -0.945. The topological polar surface area (TPSA) is 66.8 Å². The van der Waals surface area contributed by atoms with Crippen molar-refractivity contribution in [1.29, 1.82) is 0 Å². The van der Waals surface area contributed by atoms with E-state index < -0.39 is 5.97 Å². The monoisotopic (exact) mass is 257 g/mol. The lowest BCUT2D eigenvalue weighted by atomic mass is 9.91. The molecule has 3 atom stereocenters. The second kappa shape index (κ2) is 6.73. The van der Waals surface area contributed by atoms with Gasteiger partial charge in [-0.2, -0.15) is 0 Å². The van der Waals surface area contributed by atoms with Crippen molar-refractivity contribution >= 4 is 11.9 Å². The van der Waals surface area contributed by atoms with E-state index in [4.69, 9.17) is 9.84 Å². The normalized spacial score (nSPS) is 25.8. The Bertz CT molecular complexity index is 305. The van der Waals surface area contributed by atoms with Gasteiger partial charge in [0.2, 0.25) is 5.91 Å². The van der Waals surface area contributed by atoms with Gasteiger partial charge in [0.15, 0.2) is 0 Å². The van der Waals surface area contributed by atoms with Crippen LogP contribution in [0.1, 0.15) is 39.5 Å². The number of carboxylic acids is 1. The summed E-state index contributed by atoms with van der Waals surface area (Å²) < 4.78 is 5.11. The molecule has 1 rings (SSSR count). The number of aliphatic carboxylic acids is 1. The van der Waals surface area contributed by atoms with E-state index in [1.165, 1.54) is 0 Å². The molecule has 0 saturated carbocycles. The van der Waals surface area contributed by atoms with Crippen LogP contribution in [0, 0.1) is 5.92 Å². The first-order chi connectivity index (χ1) is 8.45. The molecule has 1 aliphatic heterocycles. The van der Waals surface area contributed by atoms with Gasteiger partial charge in [-0.25, -0.2) is 0 Å². The molecule has 18 heavy (non-hydrogen) atoms. The number of nitrogens with zero attached hydrogens (tertiary/aromatic N) is 1. The fourth-order valence-corrected chi connectivity index (χ4v) is 2.36. The maximum absolute atomic E-state index is 12.0. The van der Waals surface area contributed by atoms with Gasteiger partial charge in [-0.15, -0.1) is 0 Å². The third-order valence-corrected chi connectivity index (χ3v) is 3.71. The van der Waals surface area contributed by atoms with Crippen LogP contribution in [-0.2, 0) is 14.3 Å². The van der Waals surface area contributed by atoms with Crippen LogP contribution < -0.4 is 0 Å². The molecule has 104 valence electrons. The molecule has 5 nitrogen and oxygen atoms in total. The zero-order valence-electron chi connectivity index (χ0n) is 11.4. The first kappa shape index (κ1) is 15.0. The highest BCUT2D eigenvalue weighted by Gasteiger charge is 2.31. The fraction of sp³-hybridized carbons (Fsp3) is 0.846. The second-order valence-electron chi connectivity index (χ2n) is 5.08. The molecule has 0 aromatic rings. The van der Waals surface area contributed by atoms with Crippen LogP contribution in [0.25, 0.3) is 0 Å². The molecule has 0 aliphatic carbocycles. The number of carbonyl (C=O) groups excluding carboxylic acids is 1. The van der Waals surface area contributed by atoms with Gasteiger partial charge in [0, 0.05) is 26.1 Å². The number of ether oxygens (including phenoxy) is 1. The van der Waals surface area contributed by atoms with Crippen LogP contribution >= 0.6 is 0 Å². The van der Waals surface area contributed by atoms with Crippen molar-refractivity contribution in [2.24, 2.45) is 5.92 Å². The predicted molar refractivity (Wildman–Crippen MR) is 67.2 cm³/mol. The van der Waals surface area contributed by atoms with Crippen molar-refractivity contribution in [3.05, 3.63) is 0 Å². The van der Waals surface area contributed by atoms with Gasteiger partial charge in [0.1, 0.15) is 0 Å². The number of carbonyl (C=O) groups is 2. The summed E-state index contributed by atoms with van der Waals surface area (Å²) in [6, 6.07) is 0.0187. The molecule has 0 bridgehead atoms. The van der Waals surface area contributed by atoms with E-state index in [9.17, 15) is 9.59 Å². The number of likely N-dealkylation sites (tertiary alicyclic amines) is 1. The smallest absolute Gasteiger partial charge is 0.306 e. The van der Waals surface area contributed by atoms with E-state index in [2.05, 4.69) is 0 Å². The van der Waals surface area contributed by atoms with E-state index >= 15 is 0 Å². The van der Waals surface area contributed by atoms with Crippen LogP contribution in [0.2, 0.25) is 0 Å². The van der Waals surface area contributed by atoms with Crippen LogP contribution in [0.15, 0.2) is 0 Å². The van der Waals surface area contributed by atoms with E-state index in [1.54, 1.807) is 7.11 Å². The second-order valence-corrected chi connectivity index (χ2v) is 5.08. The summed E-state index contributed by atoms with van der Waals surface area (Å²) >= 11 is 0. The van der Waals surface area contributed by atoms with Crippen LogP contribution in [-0.4, -0.2) is 47.7 Å². The molecule has 0 spiro atoms. The highest BCUT2D eigenvalue weighted by molar-refractivity contribution is 5.77. The lowest BCUT2D eigenvalue weighted by molar-refractivity contribution is -0.147. The van der Waals surface area contributed by atoms with E-state index in [1.807, 2.05) is 18.7 Å². The van der Waals surface area contributed by atoms with Gasteiger partial charge in [0.05, 0.1) is 12.0 Å². The summed E-state index contributed by atoms with van der Waals surface area (Å²) in [5, 5.41) is 8.97. The third kappa shape index (κ3) is 3.98. The highest BCUT2D eigenvalue weighted by Crippen LogP contribution is 2.24. The van der Waals surface area contributed by atoms with E-state index in [-0.39, 0.29) is 24.0 Å². The Balaban J connectivity index is 2.43. The maximum atomic E-state index is 12.0. The molecule has 1 fully saturated rings. The van der Waals surface area contributed by atoms with Gasteiger partial charge in [-0.3, -0.25) is 9.59 Å². The van der Waals surface area contributed by atoms with Gasteiger partial charge in [0.25, 0.3) is 0 Å². The lowest BCUT2D eigenvalue weighted by Gasteiger charge is -2.36. The molecule has 1 amide bonds. The Morgan fingerprint density at radius 1 is 1.50 bits per heavy atom. The maximum Gasteiger partial charge on any atom is 0.306 e. The number of rotatable bonds is 5. The minimum Gasteiger partial charge on any atom is -0.481 e. The van der Waals surface area contributed by atoms with Crippen molar-refractivity contribution in [3.8, 4) is 0 Å². The Labute approximate surface area is 108 Å². The number of hydrogen-bond acceptors (Lipinski definition) is 3. The van der Waals surface area contributed by atoms with E-state index in [0.717, 1.165) is 0 Å². The average molecular weight is 257 g/mol. The van der Waals surface area contributed by atoms with Gasteiger partial charge in [-0.1, -0.05) is 0 Å². The molecular weight excluding hydrogens is 234 g/mol. The quantitative estimate of drug-likeness (QED) is 0.810. The molecule has 3 unspecified atom stereocenters. The largest absolute Gasteiger partial charge is 0.481 e. The molecule has 0 radical (unpaired) electrons. The van der Waals surface area contributed by atoms with E-state index in [0.29, 0.717) is 32.2 Å². The van der Waals surface area contributed by atoms with Gasteiger partial charge in [-0.05, 0) is 33.1 Å². The fourth-order valence-electron chi connectivity index (χ4n) is 2.36. The zero-order valence-corrected chi connectivity index (χ0v) is 11.4. The summed E-state index contributed by atoms with van der Waals surface area (Å²) in [5.41, 5.74) is 0. The molecule has 0 aromatic heterocycles. The molecule has 1 heterocycles. The minimum atomic E-state index is -0.748. The van der Waals surface area contributed by atoms with Crippen LogP contribution in [0.3, 0.4) is 0 Å². The standard InChI is InChI=1S/C13H23NO4/c1-9-8-11(13(16)17)6-7-14(9)12(15)5-4-10(2)18-3/h9-11H,4-8H2,1-3H3,(H,16,17).